The third kappa shape index (κ3) is 10.7. The van der Waals surface area contributed by atoms with Gasteiger partial charge in [-0.2, -0.15) is 0 Å². The molecule has 2 aliphatic heterocycles. The van der Waals surface area contributed by atoms with E-state index in [1.165, 1.54) is 24.0 Å². The number of methoxy groups -OCH3 is 3. The number of aliphatic hydroxyl groups is 2. The van der Waals surface area contributed by atoms with Crippen LogP contribution in [0.3, 0.4) is 0 Å². The first kappa shape index (κ1) is 41.7. The van der Waals surface area contributed by atoms with Crippen molar-refractivity contribution in [3.8, 4) is 17.2 Å². The fourth-order valence-corrected chi connectivity index (χ4v) is 8.50. The molecule has 11 nitrogen and oxygen atoms in total. The zero-order valence-corrected chi connectivity index (χ0v) is 33.3. The average Bonchev–Trinajstić information content (AvgIpc) is 3.66. The number of hydrogen-bond donors (Lipinski definition) is 2. The number of rotatable bonds is 19. The van der Waals surface area contributed by atoms with Gasteiger partial charge >= 0.3 is 11.9 Å². The molecule has 2 N–H and O–H groups in total. The molecule has 0 radical (unpaired) electrons. The lowest BCUT2D eigenvalue weighted by Gasteiger charge is -2.46. The van der Waals surface area contributed by atoms with E-state index >= 15 is 0 Å². The smallest absolute Gasteiger partial charge is 0.331 e. The average molecular weight is 761 g/mol. The summed E-state index contributed by atoms with van der Waals surface area (Å²) in [4.78, 5) is 25.0. The minimum absolute atomic E-state index is 0.0405. The van der Waals surface area contributed by atoms with Crippen LogP contribution in [0.5, 0.6) is 17.2 Å². The molecule has 0 saturated carbocycles. The molecular formula is C44H60N2O9+2. The highest BCUT2D eigenvalue weighted by Crippen LogP contribution is 2.40. The summed E-state index contributed by atoms with van der Waals surface area (Å²) >= 11 is 0. The lowest BCUT2D eigenvalue weighted by molar-refractivity contribution is -0.941. The Morgan fingerprint density at radius 2 is 1.35 bits per heavy atom. The monoisotopic (exact) mass is 760 g/mol. The van der Waals surface area contributed by atoms with Crippen molar-refractivity contribution in [3.63, 3.8) is 0 Å². The van der Waals surface area contributed by atoms with Crippen LogP contribution in [0.25, 0.3) is 0 Å². The molecule has 1 saturated heterocycles. The fourth-order valence-electron chi connectivity index (χ4n) is 8.50. The van der Waals surface area contributed by atoms with Crippen LogP contribution in [-0.2, 0) is 51.7 Å². The van der Waals surface area contributed by atoms with Crippen LogP contribution >= 0.6 is 0 Å². The number of ether oxygens (including phenoxy) is 5. The first-order valence-electron chi connectivity index (χ1n) is 19.5. The largest absolute Gasteiger partial charge is 0.496 e. The molecule has 0 spiro atoms. The van der Waals surface area contributed by atoms with E-state index in [0.29, 0.717) is 35.4 Å². The number of esters is 2. The van der Waals surface area contributed by atoms with Crippen LogP contribution in [-0.4, -0.2) is 105 Å². The predicted octanol–water partition coefficient (Wildman–Crippen LogP) is 5.53. The molecule has 2 heterocycles. The Kier molecular flexibility index (Phi) is 14.8. The molecule has 1 fully saturated rings. The second-order valence-corrected chi connectivity index (χ2v) is 15.3. The lowest BCUT2D eigenvalue weighted by Crippen LogP contribution is -2.52. The summed E-state index contributed by atoms with van der Waals surface area (Å²) in [6.07, 6.45) is 7.56. The maximum atomic E-state index is 12.6. The van der Waals surface area contributed by atoms with Crippen molar-refractivity contribution in [3.05, 3.63) is 99.6 Å². The molecule has 55 heavy (non-hydrogen) atoms. The molecule has 0 aliphatic carbocycles. The van der Waals surface area contributed by atoms with Crippen molar-refractivity contribution < 1.29 is 52.5 Å². The molecule has 11 heteroatoms. The third-order valence-corrected chi connectivity index (χ3v) is 11.6. The summed E-state index contributed by atoms with van der Waals surface area (Å²) in [7, 11) is 7.16. The fraction of sp³-hybridized carbons (Fsp3) is 0.500. The summed E-state index contributed by atoms with van der Waals surface area (Å²) in [5.74, 6) is 1.10. The number of likely N-dealkylation sites (tertiary alicyclic amines) is 1. The summed E-state index contributed by atoms with van der Waals surface area (Å²) < 4.78 is 29.2. The number of hydrogen-bond acceptors (Lipinski definition) is 9. The third-order valence-electron chi connectivity index (χ3n) is 11.6. The van der Waals surface area contributed by atoms with Gasteiger partial charge in [0.15, 0.2) is 11.5 Å². The van der Waals surface area contributed by atoms with Crippen LogP contribution in [0.1, 0.15) is 70.7 Å². The summed E-state index contributed by atoms with van der Waals surface area (Å²) in [6.45, 7) is 7.92. The van der Waals surface area contributed by atoms with Crippen molar-refractivity contribution in [2.45, 2.75) is 71.2 Å². The van der Waals surface area contributed by atoms with Gasteiger partial charge in [0.2, 0.25) is 0 Å². The Balaban J connectivity index is 1.12. The van der Waals surface area contributed by atoms with Crippen molar-refractivity contribution in [1.29, 1.82) is 0 Å². The van der Waals surface area contributed by atoms with Crippen LogP contribution in [0, 0.1) is 6.92 Å². The Labute approximate surface area is 326 Å². The minimum atomic E-state index is -0.579. The maximum Gasteiger partial charge on any atom is 0.331 e. The highest BCUT2D eigenvalue weighted by Gasteiger charge is 2.39. The van der Waals surface area contributed by atoms with Crippen LogP contribution in [0.2, 0.25) is 0 Å². The van der Waals surface area contributed by atoms with Gasteiger partial charge in [-0.3, -0.25) is 0 Å². The van der Waals surface area contributed by atoms with Gasteiger partial charge in [0.05, 0.1) is 87.5 Å². The number of likely N-dealkylation sites (N-methyl/N-ethyl adjacent to an activating group) is 1. The van der Waals surface area contributed by atoms with Crippen LogP contribution in [0.15, 0.2) is 60.7 Å². The molecular weight excluding hydrogens is 700 g/mol. The number of aliphatic hydroxyl groups excluding tert-OH is 2. The van der Waals surface area contributed by atoms with E-state index in [9.17, 15) is 19.8 Å². The van der Waals surface area contributed by atoms with Gasteiger partial charge < -0.3 is 42.9 Å². The number of carbonyl (C=O) groups is 2. The van der Waals surface area contributed by atoms with Gasteiger partial charge in [-0.1, -0.05) is 24.3 Å². The van der Waals surface area contributed by atoms with Gasteiger partial charge in [-0.25, -0.2) is 9.59 Å². The Hall–Kier alpha value is -4.42. The zero-order chi connectivity index (χ0) is 39.4. The number of carbonyl (C=O) groups excluding carboxylic acids is 2. The molecule has 0 aromatic heterocycles. The first-order chi connectivity index (χ1) is 26.6. The van der Waals surface area contributed by atoms with E-state index in [-0.39, 0.29) is 25.9 Å². The quantitative estimate of drug-likeness (QED) is 0.0704. The van der Waals surface area contributed by atoms with Crippen LogP contribution < -0.4 is 14.2 Å². The zero-order valence-electron chi connectivity index (χ0n) is 33.3. The second-order valence-electron chi connectivity index (χ2n) is 15.3. The lowest BCUT2D eigenvalue weighted by atomic mass is 9.84. The van der Waals surface area contributed by atoms with E-state index in [4.69, 9.17) is 23.7 Å². The van der Waals surface area contributed by atoms with Crippen molar-refractivity contribution >= 4 is 11.9 Å². The van der Waals surface area contributed by atoms with Gasteiger partial charge in [0.1, 0.15) is 18.3 Å². The summed E-state index contributed by atoms with van der Waals surface area (Å²) in [5, 5.41) is 20.1. The highest BCUT2D eigenvalue weighted by molar-refractivity contribution is 5.91. The summed E-state index contributed by atoms with van der Waals surface area (Å²) in [5.41, 5.74) is 7.25. The number of nitrogens with zero attached hydrogens (tertiary/aromatic N) is 2. The number of fused-ring (bicyclic) bond motifs is 1. The Morgan fingerprint density at radius 1 is 0.745 bits per heavy atom. The first-order valence-corrected chi connectivity index (χ1v) is 19.5. The van der Waals surface area contributed by atoms with E-state index in [2.05, 4.69) is 25.2 Å². The number of quaternary nitrogens is 2. The van der Waals surface area contributed by atoms with E-state index in [1.807, 2.05) is 37.3 Å². The summed E-state index contributed by atoms with van der Waals surface area (Å²) in [6, 6.07) is 16.5. The van der Waals surface area contributed by atoms with E-state index in [1.54, 1.807) is 21.3 Å². The molecule has 5 rings (SSSR count). The standard InChI is InChI=1S/C44H60N2O9/c1-32-10-11-34(26-41(32)52-4)29-46(18-6-7-19-46)20-9-23-55-44(50)15-14-43(49)54-22-8-17-45(2)21-16-35-27-36(30-47)37(31-48)28-38(35)39(45)24-33-12-13-40(51-3)42(25-33)53-5/h10-15,25-28,39,47-48H,6-9,16-24,29-31H2,1-5H3/q+2/b15-14-/t39-,45-/m1/s1. The Morgan fingerprint density at radius 3 is 1.98 bits per heavy atom. The molecule has 0 unspecified atom stereocenters. The van der Waals surface area contributed by atoms with Crippen molar-refractivity contribution in [2.75, 3.05) is 74.3 Å². The van der Waals surface area contributed by atoms with E-state index in [0.717, 1.165) is 102 Å². The molecule has 298 valence electrons. The van der Waals surface area contributed by atoms with Gasteiger partial charge in [0.25, 0.3) is 0 Å². The van der Waals surface area contributed by atoms with Gasteiger partial charge in [-0.15, -0.1) is 0 Å². The van der Waals surface area contributed by atoms with Gasteiger partial charge in [-0.05, 0) is 59.0 Å². The highest BCUT2D eigenvalue weighted by atomic mass is 16.5. The molecule has 0 amide bonds. The number of aryl methyl sites for hydroxylation is 1. The normalized spacial score (nSPS) is 18.9. The predicted molar refractivity (Wildman–Crippen MR) is 210 cm³/mol. The SMILES string of the molecule is COc1cc(C[N+]2(CCCOC(=O)/C=C\C(=O)OCCC[N@+]3(C)CCc4cc(CO)c(CO)cc4[C@H]3Cc3ccc(OC)c(OC)c3)CCCC2)ccc1C. The minimum Gasteiger partial charge on any atom is -0.496 e. The topological polar surface area (TPSA) is 121 Å². The van der Waals surface area contributed by atoms with Crippen molar-refractivity contribution in [2.24, 2.45) is 0 Å². The molecule has 3 aromatic rings. The number of benzene rings is 3. The van der Waals surface area contributed by atoms with Crippen molar-refractivity contribution in [1.82, 2.24) is 0 Å². The second kappa shape index (κ2) is 19.4. The van der Waals surface area contributed by atoms with Crippen LogP contribution in [0.4, 0.5) is 0 Å². The molecule has 2 atom stereocenters. The molecule has 3 aromatic carbocycles. The molecule has 0 bridgehead atoms. The molecule has 2 aliphatic rings. The maximum absolute atomic E-state index is 12.6. The Bertz CT molecular complexity index is 1800. The van der Waals surface area contributed by atoms with Gasteiger partial charge in [0, 0.05) is 61.8 Å². The van der Waals surface area contributed by atoms with E-state index < -0.39 is 11.9 Å².